The maximum Gasteiger partial charge on any atom is 0.236 e. The molecule has 0 bridgehead atoms. The van der Waals surface area contributed by atoms with Crippen LogP contribution in [0.3, 0.4) is 0 Å². The Hall–Kier alpha value is -3.04. The number of carbonyl (C=O) groups is 1. The number of aryl methyl sites for hydroxylation is 2. The maximum atomic E-state index is 13.1. The zero-order valence-corrected chi connectivity index (χ0v) is 19.8. The monoisotopic (exact) mass is 452 g/mol. The highest BCUT2D eigenvalue weighted by atomic mass is 16.5. The Morgan fingerprint density at radius 1 is 1.18 bits per heavy atom. The number of nitrogens with zero attached hydrogens (tertiary/aromatic N) is 6. The highest BCUT2D eigenvalue weighted by Crippen LogP contribution is 2.19. The van der Waals surface area contributed by atoms with Crippen LogP contribution >= 0.6 is 0 Å². The minimum atomic E-state index is -0.125. The average molecular weight is 453 g/mol. The van der Waals surface area contributed by atoms with Crippen molar-refractivity contribution in [3.05, 3.63) is 59.5 Å². The number of aromatic nitrogens is 4. The molecule has 0 radical (unpaired) electrons. The maximum absolute atomic E-state index is 13.1. The topological polar surface area (TPSA) is 89.5 Å². The first-order valence-corrected chi connectivity index (χ1v) is 11.4. The van der Waals surface area contributed by atoms with Crippen LogP contribution in [0.1, 0.15) is 36.6 Å². The van der Waals surface area contributed by atoms with Crippen LogP contribution in [0.25, 0.3) is 5.95 Å². The first-order chi connectivity index (χ1) is 15.9. The van der Waals surface area contributed by atoms with Crippen LogP contribution in [0, 0.1) is 19.8 Å². The highest BCUT2D eigenvalue weighted by molar-refractivity contribution is 5.78. The van der Waals surface area contributed by atoms with E-state index < -0.39 is 0 Å². The SMILES string of the molecule is Cc1noc(C)c1CO[C@H]1CN(Cc2cccn2-c2ncccn2)CC(=O)N(CC(C)C)C1. The van der Waals surface area contributed by atoms with Crippen molar-refractivity contribution in [1.29, 1.82) is 0 Å². The molecule has 1 aliphatic heterocycles. The minimum absolute atomic E-state index is 0.125. The standard InChI is InChI=1S/C24H32N6O3/c1-17(2)11-29-14-21(32-16-22-18(3)27-33-19(22)4)13-28(15-23(29)31)12-20-7-5-10-30(20)24-25-8-6-9-26-24/h5-10,17,21H,11-16H2,1-4H3/t21-/m0/s1. The smallest absolute Gasteiger partial charge is 0.236 e. The van der Waals surface area contributed by atoms with Crippen LogP contribution in [-0.4, -0.2) is 67.7 Å². The van der Waals surface area contributed by atoms with E-state index in [1.165, 1.54) is 0 Å². The van der Waals surface area contributed by atoms with Gasteiger partial charge in [0.2, 0.25) is 11.9 Å². The molecule has 0 saturated carbocycles. The summed E-state index contributed by atoms with van der Waals surface area (Å²) in [4.78, 5) is 25.9. The second kappa shape index (κ2) is 10.3. The molecule has 9 nitrogen and oxygen atoms in total. The van der Waals surface area contributed by atoms with Crippen molar-refractivity contribution >= 4 is 5.91 Å². The summed E-state index contributed by atoms with van der Waals surface area (Å²) >= 11 is 0. The van der Waals surface area contributed by atoms with E-state index in [9.17, 15) is 4.79 Å². The molecule has 1 saturated heterocycles. The second-order valence-electron chi connectivity index (χ2n) is 9.02. The Morgan fingerprint density at radius 3 is 2.67 bits per heavy atom. The van der Waals surface area contributed by atoms with Crippen molar-refractivity contribution in [2.45, 2.75) is 47.0 Å². The Morgan fingerprint density at radius 2 is 1.97 bits per heavy atom. The molecular formula is C24H32N6O3. The lowest BCUT2D eigenvalue weighted by molar-refractivity contribution is -0.132. The molecule has 33 heavy (non-hydrogen) atoms. The van der Waals surface area contributed by atoms with Gasteiger partial charge in [0.05, 0.1) is 24.9 Å². The van der Waals surface area contributed by atoms with Gasteiger partial charge in [0.15, 0.2) is 0 Å². The average Bonchev–Trinajstić information content (AvgIpc) is 3.33. The number of hydrogen-bond acceptors (Lipinski definition) is 7. The first kappa shape index (κ1) is 23.1. The highest BCUT2D eigenvalue weighted by Gasteiger charge is 2.29. The largest absolute Gasteiger partial charge is 0.370 e. The fourth-order valence-corrected chi connectivity index (χ4v) is 4.19. The van der Waals surface area contributed by atoms with Gasteiger partial charge < -0.3 is 14.2 Å². The zero-order chi connectivity index (χ0) is 23.4. The lowest BCUT2D eigenvalue weighted by Crippen LogP contribution is -2.40. The van der Waals surface area contributed by atoms with Crippen molar-refractivity contribution in [1.82, 2.24) is 29.5 Å². The summed E-state index contributed by atoms with van der Waals surface area (Å²) < 4.78 is 13.6. The number of hydrogen-bond donors (Lipinski definition) is 0. The zero-order valence-electron chi connectivity index (χ0n) is 19.8. The van der Waals surface area contributed by atoms with E-state index in [2.05, 4.69) is 33.9 Å². The molecule has 1 amide bonds. The summed E-state index contributed by atoms with van der Waals surface area (Å²) in [6, 6.07) is 5.81. The van der Waals surface area contributed by atoms with Crippen LogP contribution in [0.15, 0.2) is 41.3 Å². The Labute approximate surface area is 194 Å². The van der Waals surface area contributed by atoms with Crippen LogP contribution in [0.4, 0.5) is 0 Å². The predicted octanol–water partition coefficient (Wildman–Crippen LogP) is 2.76. The lowest BCUT2D eigenvalue weighted by Gasteiger charge is -2.26. The van der Waals surface area contributed by atoms with Gasteiger partial charge in [-0.2, -0.15) is 0 Å². The van der Waals surface area contributed by atoms with Gasteiger partial charge in [0.1, 0.15) is 5.76 Å². The van der Waals surface area contributed by atoms with Gasteiger partial charge in [0, 0.05) is 56.0 Å². The molecule has 9 heteroatoms. The third kappa shape index (κ3) is 5.66. The number of rotatable bonds is 8. The predicted molar refractivity (Wildman–Crippen MR) is 123 cm³/mol. The minimum Gasteiger partial charge on any atom is -0.370 e. The Kier molecular flexibility index (Phi) is 7.20. The molecule has 0 N–H and O–H groups in total. The Balaban J connectivity index is 1.52. The quantitative estimate of drug-likeness (QED) is 0.519. The molecule has 4 rings (SSSR count). The fraction of sp³-hybridized carbons (Fsp3) is 0.500. The van der Waals surface area contributed by atoms with Gasteiger partial charge in [0.25, 0.3) is 0 Å². The molecule has 1 atom stereocenters. The number of amides is 1. The molecule has 0 spiro atoms. The molecule has 4 heterocycles. The molecule has 3 aromatic rings. The van der Waals surface area contributed by atoms with Crippen LogP contribution in [-0.2, 0) is 22.7 Å². The van der Waals surface area contributed by atoms with Gasteiger partial charge in [-0.3, -0.25) is 14.3 Å². The van der Waals surface area contributed by atoms with Gasteiger partial charge in [-0.15, -0.1) is 0 Å². The first-order valence-electron chi connectivity index (χ1n) is 11.4. The Bertz CT molecular complexity index is 1040. The summed E-state index contributed by atoms with van der Waals surface area (Å²) in [5.74, 6) is 1.90. The van der Waals surface area contributed by atoms with E-state index in [1.54, 1.807) is 18.5 Å². The normalized spacial score (nSPS) is 17.7. The number of carbonyl (C=O) groups excluding carboxylic acids is 1. The van der Waals surface area contributed by atoms with E-state index >= 15 is 0 Å². The van der Waals surface area contributed by atoms with Gasteiger partial charge in [-0.25, -0.2) is 9.97 Å². The van der Waals surface area contributed by atoms with E-state index in [0.717, 1.165) is 22.7 Å². The summed E-state index contributed by atoms with van der Waals surface area (Å²) in [5, 5.41) is 4.02. The van der Waals surface area contributed by atoms with Crippen molar-refractivity contribution in [2.75, 3.05) is 26.2 Å². The molecule has 0 aliphatic carbocycles. The second-order valence-corrected chi connectivity index (χ2v) is 9.02. The van der Waals surface area contributed by atoms with E-state index in [-0.39, 0.29) is 12.0 Å². The van der Waals surface area contributed by atoms with Gasteiger partial charge in [-0.05, 0) is 38.0 Å². The van der Waals surface area contributed by atoms with Crippen molar-refractivity contribution < 1.29 is 14.1 Å². The van der Waals surface area contributed by atoms with Crippen LogP contribution in [0.2, 0.25) is 0 Å². The van der Waals surface area contributed by atoms with E-state index in [1.807, 2.05) is 41.6 Å². The third-order valence-corrected chi connectivity index (χ3v) is 5.81. The molecule has 1 aliphatic rings. The van der Waals surface area contributed by atoms with E-state index in [0.29, 0.717) is 51.2 Å². The molecule has 3 aromatic heterocycles. The van der Waals surface area contributed by atoms with Crippen molar-refractivity contribution in [3.8, 4) is 5.95 Å². The van der Waals surface area contributed by atoms with Crippen LogP contribution in [0.5, 0.6) is 0 Å². The summed E-state index contributed by atoms with van der Waals surface area (Å²) in [5.41, 5.74) is 2.84. The summed E-state index contributed by atoms with van der Waals surface area (Å²) in [7, 11) is 0. The number of ether oxygens (including phenoxy) is 1. The molecular weight excluding hydrogens is 420 g/mol. The summed E-state index contributed by atoms with van der Waals surface area (Å²) in [6.45, 7) is 11.4. The van der Waals surface area contributed by atoms with E-state index in [4.69, 9.17) is 9.26 Å². The lowest BCUT2D eigenvalue weighted by atomic mass is 10.2. The molecule has 176 valence electrons. The van der Waals surface area contributed by atoms with Crippen molar-refractivity contribution in [2.24, 2.45) is 5.92 Å². The molecule has 0 unspecified atom stereocenters. The van der Waals surface area contributed by atoms with Gasteiger partial charge >= 0.3 is 0 Å². The van der Waals surface area contributed by atoms with Crippen LogP contribution < -0.4 is 0 Å². The summed E-state index contributed by atoms with van der Waals surface area (Å²) in [6.07, 6.45) is 5.27. The molecule has 0 aromatic carbocycles. The fourth-order valence-electron chi connectivity index (χ4n) is 4.19. The van der Waals surface area contributed by atoms with Gasteiger partial charge in [-0.1, -0.05) is 19.0 Å². The van der Waals surface area contributed by atoms with Crippen molar-refractivity contribution in [3.63, 3.8) is 0 Å². The third-order valence-electron chi connectivity index (χ3n) is 5.81. The molecule has 1 fully saturated rings.